The second-order valence-electron chi connectivity index (χ2n) is 8.80. The summed E-state index contributed by atoms with van der Waals surface area (Å²) >= 11 is 5.99. The number of ether oxygens (including phenoxy) is 1. The van der Waals surface area contributed by atoms with Gasteiger partial charge in [-0.1, -0.05) is 29.8 Å². The first-order valence-corrected chi connectivity index (χ1v) is 11.4. The number of carbonyl (C=O) groups excluding carboxylic acids is 1. The molecule has 0 bridgehead atoms. The number of piperidine rings is 1. The Labute approximate surface area is 192 Å². The van der Waals surface area contributed by atoms with Crippen molar-refractivity contribution in [3.8, 4) is 11.3 Å². The lowest BCUT2D eigenvalue weighted by molar-refractivity contribution is 0.0492. The Kier molecular flexibility index (Phi) is 5.89. The Bertz CT molecular complexity index is 1080. The molecule has 2 fully saturated rings. The van der Waals surface area contributed by atoms with Crippen LogP contribution in [0.15, 0.2) is 61.2 Å². The third-order valence-corrected chi connectivity index (χ3v) is 6.85. The number of halogens is 1. The minimum atomic E-state index is -0.0184. The lowest BCUT2D eigenvalue weighted by Gasteiger charge is -2.38. The molecule has 1 aromatic carbocycles. The van der Waals surface area contributed by atoms with Gasteiger partial charge in [-0.05, 0) is 60.9 Å². The molecule has 0 saturated carbocycles. The number of aromatic nitrogens is 3. The summed E-state index contributed by atoms with van der Waals surface area (Å²) in [6, 6.07) is 13.5. The van der Waals surface area contributed by atoms with Gasteiger partial charge < -0.3 is 9.64 Å². The van der Waals surface area contributed by atoms with Gasteiger partial charge in [-0.25, -0.2) is 15.0 Å². The van der Waals surface area contributed by atoms with E-state index in [4.69, 9.17) is 16.3 Å². The van der Waals surface area contributed by atoms with Gasteiger partial charge in [0.1, 0.15) is 12.0 Å². The Morgan fingerprint density at radius 3 is 2.59 bits per heavy atom. The van der Waals surface area contributed by atoms with E-state index in [9.17, 15) is 4.79 Å². The maximum atomic E-state index is 13.1. The third-order valence-electron chi connectivity index (χ3n) is 6.60. The van der Waals surface area contributed by atoms with Crippen LogP contribution < -0.4 is 0 Å². The lowest BCUT2D eigenvalue weighted by Crippen LogP contribution is -2.43. The minimum absolute atomic E-state index is 0.0184. The maximum Gasteiger partial charge on any atom is 0.272 e. The largest absolute Gasteiger partial charge is 0.377 e. The second-order valence-corrected chi connectivity index (χ2v) is 9.23. The predicted molar refractivity (Wildman–Crippen MR) is 122 cm³/mol. The highest BCUT2D eigenvalue weighted by Gasteiger charge is 2.43. The second kappa shape index (κ2) is 8.96. The monoisotopic (exact) mass is 448 g/mol. The van der Waals surface area contributed by atoms with Gasteiger partial charge in [0.05, 0.1) is 18.4 Å². The van der Waals surface area contributed by atoms with Gasteiger partial charge >= 0.3 is 0 Å². The molecule has 5 rings (SSSR count). The SMILES string of the molecule is O=C(c1cccc(-c2cncnc2)n1)N1CCC2(CC1)CO[C@H](Cc1ccc(Cl)cc1)C2. The quantitative estimate of drug-likeness (QED) is 0.590. The van der Waals surface area contributed by atoms with Gasteiger partial charge in [-0.3, -0.25) is 4.79 Å². The van der Waals surface area contributed by atoms with Crippen molar-refractivity contribution in [2.45, 2.75) is 31.8 Å². The van der Waals surface area contributed by atoms with Crippen molar-refractivity contribution in [1.29, 1.82) is 0 Å². The summed E-state index contributed by atoms with van der Waals surface area (Å²) in [5.74, 6) is -0.0184. The first-order valence-electron chi connectivity index (χ1n) is 11.0. The fourth-order valence-corrected chi connectivity index (χ4v) is 4.88. The van der Waals surface area contributed by atoms with E-state index >= 15 is 0 Å². The third kappa shape index (κ3) is 4.52. The van der Waals surface area contributed by atoms with E-state index in [1.54, 1.807) is 18.5 Å². The first-order chi connectivity index (χ1) is 15.6. The molecule has 3 aromatic rings. The van der Waals surface area contributed by atoms with Crippen LogP contribution in [-0.2, 0) is 11.2 Å². The van der Waals surface area contributed by atoms with Crippen LogP contribution in [0, 0.1) is 5.41 Å². The number of pyridine rings is 1. The molecule has 164 valence electrons. The Morgan fingerprint density at radius 1 is 1.09 bits per heavy atom. The average molecular weight is 449 g/mol. The van der Waals surface area contributed by atoms with Gasteiger partial charge in [0.15, 0.2) is 0 Å². The minimum Gasteiger partial charge on any atom is -0.377 e. The number of hydrogen-bond donors (Lipinski definition) is 0. The van der Waals surface area contributed by atoms with Gasteiger partial charge in [-0.15, -0.1) is 0 Å². The number of amides is 1. The molecule has 1 spiro atoms. The summed E-state index contributed by atoms with van der Waals surface area (Å²) in [5, 5.41) is 0.756. The molecule has 0 aliphatic carbocycles. The van der Waals surface area contributed by atoms with Crippen LogP contribution in [0.3, 0.4) is 0 Å². The van der Waals surface area contributed by atoms with Gasteiger partial charge in [-0.2, -0.15) is 0 Å². The smallest absolute Gasteiger partial charge is 0.272 e. The fourth-order valence-electron chi connectivity index (χ4n) is 4.75. The molecule has 0 N–H and O–H groups in total. The highest BCUT2D eigenvalue weighted by molar-refractivity contribution is 6.30. The summed E-state index contributed by atoms with van der Waals surface area (Å²) in [5.41, 5.74) is 3.39. The van der Waals surface area contributed by atoms with E-state index in [0.717, 1.165) is 56.0 Å². The standard InChI is InChI=1S/C25H25ClN4O2/c26-20-6-4-18(5-7-20)12-21-13-25(16-32-21)8-10-30(11-9-25)24(31)23-3-1-2-22(29-23)19-14-27-17-28-15-19/h1-7,14-15,17,21H,8-13,16H2/t21-/m1/s1. The van der Waals surface area contributed by atoms with Crippen LogP contribution in [0.2, 0.25) is 5.02 Å². The Hall–Kier alpha value is -2.83. The molecule has 2 aliphatic heterocycles. The molecule has 6 nitrogen and oxygen atoms in total. The van der Waals surface area contributed by atoms with Crippen molar-refractivity contribution < 1.29 is 9.53 Å². The topological polar surface area (TPSA) is 68.2 Å². The number of nitrogens with zero attached hydrogens (tertiary/aromatic N) is 4. The molecular formula is C25H25ClN4O2. The predicted octanol–water partition coefficient (Wildman–Crippen LogP) is 4.45. The van der Waals surface area contributed by atoms with Crippen molar-refractivity contribution in [2.75, 3.05) is 19.7 Å². The molecule has 4 heterocycles. The normalized spacial score (nSPS) is 19.9. The van der Waals surface area contributed by atoms with E-state index in [-0.39, 0.29) is 17.4 Å². The average Bonchev–Trinajstić information content (AvgIpc) is 3.23. The van der Waals surface area contributed by atoms with Crippen molar-refractivity contribution in [3.05, 3.63) is 77.5 Å². The molecule has 7 heteroatoms. The summed E-state index contributed by atoms with van der Waals surface area (Å²) in [6.07, 6.45) is 8.98. The zero-order chi connectivity index (χ0) is 22.0. The van der Waals surface area contributed by atoms with Gasteiger partial charge in [0, 0.05) is 36.1 Å². The van der Waals surface area contributed by atoms with Crippen LogP contribution in [-0.4, -0.2) is 51.6 Å². The van der Waals surface area contributed by atoms with E-state index in [0.29, 0.717) is 11.4 Å². The van der Waals surface area contributed by atoms with Crippen LogP contribution in [0.4, 0.5) is 0 Å². The summed E-state index contributed by atoms with van der Waals surface area (Å²) in [4.78, 5) is 27.7. The summed E-state index contributed by atoms with van der Waals surface area (Å²) < 4.78 is 6.16. The van der Waals surface area contributed by atoms with Crippen molar-refractivity contribution in [1.82, 2.24) is 19.9 Å². The van der Waals surface area contributed by atoms with E-state index < -0.39 is 0 Å². The Morgan fingerprint density at radius 2 is 1.84 bits per heavy atom. The number of rotatable bonds is 4. The molecule has 1 atom stereocenters. The molecule has 32 heavy (non-hydrogen) atoms. The van der Waals surface area contributed by atoms with Crippen LogP contribution >= 0.6 is 11.6 Å². The number of hydrogen-bond acceptors (Lipinski definition) is 5. The molecule has 2 aromatic heterocycles. The van der Waals surface area contributed by atoms with E-state index in [2.05, 4.69) is 27.1 Å². The maximum absolute atomic E-state index is 13.1. The highest BCUT2D eigenvalue weighted by Crippen LogP contribution is 2.43. The zero-order valence-corrected chi connectivity index (χ0v) is 18.5. The van der Waals surface area contributed by atoms with Crippen molar-refractivity contribution in [3.63, 3.8) is 0 Å². The molecular weight excluding hydrogens is 424 g/mol. The Balaban J connectivity index is 1.20. The van der Waals surface area contributed by atoms with Gasteiger partial charge in [0.2, 0.25) is 0 Å². The highest BCUT2D eigenvalue weighted by atomic mass is 35.5. The van der Waals surface area contributed by atoms with E-state index in [1.165, 1.54) is 11.9 Å². The van der Waals surface area contributed by atoms with Crippen LogP contribution in [0.5, 0.6) is 0 Å². The number of carbonyl (C=O) groups is 1. The fraction of sp³-hybridized carbons (Fsp3) is 0.360. The number of benzene rings is 1. The summed E-state index contributed by atoms with van der Waals surface area (Å²) in [7, 11) is 0. The van der Waals surface area contributed by atoms with Crippen LogP contribution in [0.1, 0.15) is 35.3 Å². The molecule has 0 radical (unpaired) electrons. The summed E-state index contributed by atoms with van der Waals surface area (Å²) in [6.45, 7) is 2.24. The van der Waals surface area contributed by atoms with Crippen LogP contribution in [0.25, 0.3) is 11.3 Å². The molecule has 0 unspecified atom stereocenters. The van der Waals surface area contributed by atoms with E-state index in [1.807, 2.05) is 29.2 Å². The van der Waals surface area contributed by atoms with Crippen molar-refractivity contribution >= 4 is 17.5 Å². The number of likely N-dealkylation sites (tertiary alicyclic amines) is 1. The molecule has 1 amide bonds. The zero-order valence-electron chi connectivity index (χ0n) is 17.8. The van der Waals surface area contributed by atoms with Crippen molar-refractivity contribution in [2.24, 2.45) is 5.41 Å². The molecule has 2 saturated heterocycles. The first kappa shape index (κ1) is 21.0. The lowest BCUT2D eigenvalue weighted by atomic mass is 9.76. The van der Waals surface area contributed by atoms with Gasteiger partial charge in [0.25, 0.3) is 5.91 Å². The molecule has 2 aliphatic rings.